The molecule has 0 N–H and O–H groups in total. The Balaban J connectivity index is 1.55. The van der Waals surface area contributed by atoms with Crippen LogP contribution in [0, 0.1) is 0 Å². The molecule has 2 heterocycles. The monoisotopic (exact) mass is 449 g/mol. The highest BCUT2D eigenvalue weighted by Gasteiger charge is 2.20. The summed E-state index contributed by atoms with van der Waals surface area (Å²) in [6.07, 6.45) is 4.14. The van der Waals surface area contributed by atoms with E-state index in [0.29, 0.717) is 22.4 Å². The Morgan fingerprint density at radius 3 is 2.59 bits per heavy atom. The average Bonchev–Trinajstić information content (AvgIpc) is 3.40. The fourth-order valence-corrected chi connectivity index (χ4v) is 3.75. The molecule has 164 valence electrons. The molecule has 0 saturated heterocycles. The fraction of sp³-hybridized carbons (Fsp3) is 0.240. The fourth-order valence-electron chi connectivity index (χ4n) is 3.53. The van der Waals surface area contributed by atoms with Gasteiger partial charge in [0.15, 0.2) is 0 Å². The first kappa shape index (κ1) is 21.8. The second-order valence-electron chi connectivity index (χ2n) is 7.66. The van der Waals surface area contributed by atoms with E-state index >= 15 is 0 Å². The molecule has 4 aromatic rings. The number of carbonyl (C=O) groups is 1. The molecule has 0 unspecified atom stereocenters. The Labute approximate surface area is 191 Å². The van der Waals surface area contributed by atoms with Crippen LogP contribution in [0.15, 0.2) is 63.4 Å². The van der Waals surface area contributed by atoms with Crippen LogP contribution in [-0.4, -0.2) is 27.0 Å². The number of aromatic nitrogens is 2. The molecule has 4 rings (SSSR count). The molecule has 7 heteroatoms. The Hall–Kier alpha value is -3.38. The first-order valence-electron chi connectivity index (χ1n) is 10.5. The van der Waals surface area contributed by atoms with Crippen molar-refractivity contribution in [1.82, 2.24) is 15.1 Å². The predicted molar refractivity (Wildman–Crippen MR) is 125 cm³/mol. The number of amides is 1. The highest BCUT2D eigenvalue weighted by Crippen LogP contribution is 2.28. The quantitative estimate of drug-likeness (QED) is 0.316. The van der Waals surface area contributed by atoms with Crippen molar-refractivity contribution in [2.24, 2.45) is 0 Å². The lowest BCUT2D eigenvalue weighted by atomic mass is 10.1. The standard InChI is InChI=1S/C25H24ClN3O3/c1-4-21-18(17-9-6-8-12-22(17)31-21)13-14-24(30)29(16(2)3)15-23-27-28-25(32-23)19-10-5-7-11-20(19)26/h5-14,16H,4,15H2,1-3H3/b14-13+. The van der Waals surface area contributed by atoms with Gasteiger partial charge in [0.2, 0.25) is 17.7 Å². The maximum atomic E-state index is 13.0. The summed E-state index contributed by atoms with van der Waals surface area (Å²) in [4.78, 5) is 14.7. The van der Waals surface area contributed by atoms with Gasteiger partial charge in [-0.05, 0) is 38.1 Å². The van der Waals surface area contributed by atoms with Gasteiger partial charge in [-0.1, -0.05) is 48.9 Å². The minimum Gasteiger partial charge on any atom is -0.460 e. The summed E-state index contributed by atoms with van der Waals surface area (Å²) in [6, 6.07) is 15.0. The molecule has 0 bridgehead atoms. The van der Waals surface area contributed by atoms with Crippen molar-refractivity contribution in [2.75, 3.05) is 0 Å². The molecule has 2 aromatic carbocycles. The Bertz CT molecular complexity index is 1270. The largest absolute Gasteiger partial charge is 0.460 e. The summed E-state index contributed by atoms with van der Waals surface area (Å²) in [7, 11) is 0. The zero-order valence-electron chi connectivity index (χ0n) is 18.2. The van der Waals surface area contributed by atoms with Crippen LogP contribution in [-0.2, 0) is 17.8 Å². The molecule has 0 aliphatic heterocycles. The maximum absolute atomic E-state index is 13.0. The minimum absolute atomic E-state index is 0.0606. The van der Waals surface area contributed by atoms with Gasteiger partial charge in [0.1, 0.15) is 11.3 Å². The molecule has 0 fully saturated rings. The molecule has 0 spiro atoms. The number of fused-ring (bicyclic) bond motifs is 1. The smallest absolute Gasteiger partial charge is 0.249 e. The number of rotatable bonds is 7. The SMILES string of the molecule is CCc1oc2ccccc2c1/C=C/C(=O)N(Cc1nnc(-c2ccccc2Cl)o1)C(C)C. The summed E-state index contributed by atoms with van der Waals surface area (Å²) < 4.78 is 11.7. The number of nitrogens with zero attached hydrogens (tertiary/aromatic N) is 3. The first-order chi connectivity index (χ1) is 15.5. The highest BCUT2D eigenvalue weighted by molar-refractivity contribution is 6.33. The van der Waals surface area contributed by atoms with Crippen LogP contribution < -0.4 is 0 Å². The van der Waals surface area contributed by atoms with Gasteiger partial charge in [0, 0.05) is 29.5 Å². The normalized spacial score (nSPS) is 11.7. The number of hydrogen-bond acceptors (Lipinski definition) is 5. The maximum Gasteiger partial charge on any atom is 0.249 e. The van der Waals surface area contributed by atoms with Gasteiger partial charge in [-0.3, -0.25) is 4.79 Å². The number of carbonyl (C=O) groups excluding carboxylic acids is 1. The number of hydrogen-bond donors (Lipinski definition) is 0. The molecular weight excluding hydrogens is 426 g/mol. The van der Waals surface area contributed by atoms with Crippen LogP contribution in [0.1, 0.15) is 38.0 Å². The van der Waals surface area contributed by atoms with E-state index in [1.807, 2.05) is 69.3 Å². The zero-order chi connectivity index (χ0) is 22.7. The van der Waals surface area contributed by atoms with E-state index in [2.05, 4.69) is 10.2 Å². The molecule has 32 heavy (non-hydrogen) atoms. The predicted octanol–water partition coefficient (Wildman–Crippen LogP) is 6.15. The molecular formula is C25H24ClN3O3. The van der Waals surface area contributed by atoms with Crippen molar-refractivity contribution >= 4 is 34.6 Å². The summed E-state index contributed by atoms with van der Waals surface area (Å²) >= 11 is 6.22. The zero-order valence-corrected chi connectivity index (χ0v) is 19.0. The van der Waals surface area contributed by atoms with E-state index < -0.39 is 0 Å². The van der Waals surface area contributed by atoms with Gasteiger partial charge in [-0.15, -0.1) is 10.2 Å². The topological polar surface area (TPSA) is 72.4 Å². The molecule has 0 aliphatic rings. The van der Waals surface area contributed by atoms with E-state index in [-0.39, 0.29) is 18.5 Å². The van der Waals surface area contributed by atoms with Crippen LogP contribution >= 0.6 is 11.6 Å². The lowest BCUT2D eigenvalue weighted by Gasteiger charge is -2.23. The van der Waals surface area contributed by atoms with Gasteiger partial charge in [-0.25, -0.2) is 0 Å². The lowest BCUT2D eigenvalue weighted by Crippen LogP contribution is -2.35. The summed E-state index contributed by atoms with van der Waals surface area (Å²) in [6.45, 7) is 6.12. The number of benzene rings is 2. The summed E-state index contributed by atoms with van der Waals surface area (Å²) in [5, 5.41) is 9.72. The van der Waals surface area contributed by atoms with Crippen molar-refractivity contribution in [1.29, 1.82) is 0 Å². The molecule has 0 saturated carbocycles. The second-order valence-corrected chi connectivity index (χ2v) is 8.07. The Morgan fingerprint density at radius 2 is 1.84 bits per heavy atom. The van der Waals surface area contributed by atoms with Crippen LogP contribution in [0.25, 0.3) is 28.5 Å². The van der Waals surface area contributed by atoms with E-state index in [1.54, 1.807) is 17.0 Å². The van der Waals surface area contributed by atoms with Crippen LogP contribution in [0.5, 0.6) is 0 Å². The van der Waals surface area contributed by atoms with Crippen molar-refractivity contribution in [3.8, 4) is 11.5 Å². The van der Waals surface area contributed by atoms with E-state index in [0.717, 1.165) is 28.7 Å². The van der Waals surface area contributed by atoms with Crippen LogP contribution in [0.4, 0.5) is 0 Å². The van der Waals surface area contributed by atoms with Gasteiger partial charge < -0.3 is 13.7 Å². The molecule has 0 aliphatic carbocycles. The average molecular weight is 450 g/mol. The first-order valence-corrected chi connectivity index (χ1v) is 10.9. The second kappa shape index (κ2) is 9.40. The van der Waals surface area contributed by atoms with Crippen LogP contribution in [0.2, 0.25) is 5.02 Å². The lowest BCUT2D eigenvalue weighted by molar-refractivity contribution is -0.128. The number of furan rings is 1. The summed E-state index contributed by atoms with van der Waals surface area (Å²) in [5.74, 6) is 1.38. The van der Waals surface area contributed by atoms with Crippen molar-refractivity contribution in [3.05, 3.63) is 76.8 Å². The number of para-hydroxylation sites is 1. The molecule has 0 radical (unpaired) electrons. The van der Waals surface area contributed by atoms with Crippen molar-refractivity contribution in [3.63, 3.8) is 0 Å². The molecule has 2 aromatic heterocycles. The van der Waals surface area contributed by atoms with Gasteiger partial charge in [0.05, 0.1) is 17.1 Å². The van der Waals surface area contributed by atoms with E-state index in [1.165, 1.54) is 0 Å². The van der Waals surface area contributed by atoms with Gasteiger partial charge in [0.25, 0.3) is 0 Å². The van der Waals surface area contributed by atoms with Crippen molar-refractivity contribution < 1.29 is 13.6 Å². The van der Waals surface area contributed by atoms with Crippen LogP contribution in [0.3, 0.4) is 0 Å². The molecule has 1 amide bonds. The molecule has 6 nitrogen and oxygen atoms in total. The van der Waals surface area contributed by atoms with Gasteiger partial charge in [-0.2, -0.15) is 0 Å². The third-order valence-electron chi connectivity index (χ3n) is 5.21. The van der Waals surface area contributed by atoms with Gasteiger partial charge >= 0.3 is 0 Å². The third kappa shape index (κ3) is 4.46. The molecule has 0 atom stereocenters. The highest BCUT2D eigenvalue weighted by atomic mass is 35.5. The third-order valence-corrected chi connectivity index (χ3v) is 5.54. The minimum atomic E-state index is -0.148. The number of aryl methyl sites for hydroxylation is 1. The van der Waals surface area contributed by atoms with Crippen molar-refractivity contribution in [2.45, 2.75) is 39.8 Å². The Morgan fingerprint density at radius 1 is 1.09 bits per heavy atom. The van der Waals surface area contributed by atoms with E-state index in [9.17, 15) is 4.79 Å². The number of halogens is 1. The summed E-state index contributed by atoms with van der Waals surface area (Å²) in [5.41, 5.74) is 2.41. The Kier molecular flexibility index (Phi) is 6.42. The van der Waals surface area contributed by atoms with E-state index in [4.69, 9.17) is 20.4 Å².